The summed E-state index contributed by atoms with van der Waals surface area (Å²) in [4.78, 5) is 17.8. The molecule has 2 aliphatic rings. The molecule has 2 aliphatic heterocycles. The molecule has 0 saturated carbocycles. The Bertz CT molecular complexity index is 2640. The van der Waals surface area contributed by atoms with Crippen LogP contribution >= 0.6 is 92.8 Å². The van der Waals surface area contributed by atoms with Gasteiger partial charge in [0.1, 0.15) is 0 Å². The summed E-state index contributed by atoms with van der Waals surface area (Å²) in [5, 5.41) is 4.00. The second kappa shape index (κ2) is 16.2. The van der Waals surface area contributed by atoms with Gasteiger partial charge in [-0.1, -0.05) is 92.8 Å². The predicted octanol–water partition coefficient (Wildman–Crippen LogP) is 16.5. The molecule has 5 heterocycles. The van der Waals surface area contributed by atoms with Crippen molar-refractivity contribution in [2.45, 2.75) is 0 Å². The Hall–Kier alpha value is -3.68. The molecular weight excluding hydrogens is 923 g/mol. The van der Waals surface area contributed by atoms with E-state index in [0.717, 1.165) is 0 Å². The first kappa shape index (κ1) is 40.1. The fraction of sp³-hybridized carbons (Fsp3) is 0. The van der Waals surface area contributed by atoms with E-state index < -0.39 is 0 Å². The largest absolute Gasteiger partial charge is 0.354 e. The quantitative estimate of drug-likeness (QED) is 0.173. The van der Waals surface area contributed by atoms with Crippen molar-refractivity contribution in [3.05, 3.63) is 160 Å². The number of benzene rings is 4. The van der Waals surface area contributed by atoms with Gasteiger partial charge in [-0.2, -0.15) is 0 Å². The molecule has 0 unspecified atom stereocenters. The maximum atomic E-state index is 6.94. The van der Waals surface area contributed by atoms with Crippen LogP contribution < -0.4 is 0 Å². The number of hydrogen-bond donors (Lipinski definition) is 2. The van der Waals surface area contributed by atoms with Gasteiger partial charge < -0.3 is 9.97 Å². The molecule has 13 heteroatoms. The standard InChI is InChI=1S/C44H22Cl8N4.Mn/c45-21-1-5-29(49)25(17-21)41-33-9-11-35(53-33)42(26-18-22(46)2-6-30(26)50)37-13-15-39(55-37)44(28-20-24(48)4-8-32(28)52)40-16-14-38(56-40)43(36-12-10-34(41)54-36)27-19-23(47)3-7-31(27)51;/h1-20,53,56H;. The molecule has 0 saturated heterocycles. The van der Waals surface area contributed by atoms with Gasteiger partial charge in [0.2, 0.25) is 0 Å². The van der Waals surface area contributed by atoms with E-state index >= 15 is 0 Å². The van der Waals surface area contributed by atoms with Crippen molar-refractivity contribution in [1.29, 1.82) is 0 Å². The van der Waals surface area contributed by atoms with Crippen LogP contribution in [0.4, 0.5) is 0 Å². The maximum absolute atomic E-state index is 6.94. The van der Waals surface area contributed by atoms with E-state index in [-0.39, 0.29) is 17.1 Å². The molecule has 3 aromatic heterocycles. The van der Waals surface area contributed by atoms with Crippen LogP contribution in [0.25, 0.3) is 90.9 Å². The summed E-state index contributed by atoms with van der Waals surface area (Å²) in [6.07, 6.45) is 7.76. The van der Waals surface area contributed by atoms with E-state index in [1.807, 2.05) is 72.8 Å². The number of fused-ring (bicyclic) bond motifs is 8. The third kappa shape index (κ3) is 7.57. The molecule has 281 valence electrons. The van der Waals surface area contributed by atoms with Crippen LogP contribution in [0.15, 0.2) is 97.1 Å². The summed E-state index contributed by atoms with van der Waals surface area (Å²) in [6.45, 7) is 0. The maximum Gasteiger partial charge on any atom is 0.0737 e. The fourth-order valence-electron chi connectivity index (χ4n) is 7.10. The molecule has 7 aromatic rings. The van der Waals surface area contributed by atoms with Crippen molar-refractivity contribution in [2.75, 3.05) is 0 Å². The fourth-order valence-corrected chi connectivity index (χ4v) is 8.63. The van der Waals surface area contributed by atoms with Gasteiger partial charge in [0, 0.05) is 124 Å². The van der Waals surface area contributed by atoms with Crippen LogP contribution in [0.5, 0.6) is 0 Å². The van der Waals surface area contributed by atoms with Gasteiger partial charge in [-0.3, -0.25) is 0 Å². The van der Waals surface area contributed by atoms with Gasteiger partial charge in [-0.25, -0.2) is 9.97 Å². The smallest absolute Gasteiger partial charge is 0.0737 e. The van der Waals surface area contributed by atoms with Gasteiger partial charge in [0.25, 0.3) is 0 Å². The SMILES string of the molecule is Clc1ccc(Cl)c(-c2c3nc(c(-c4cc(Cl)ccc4Cl)c4ccc([nH]4)c(-c4cc(Cl)ccc4Cl)c4nc(c(-c5cc(Cl)ccc5Cl)c5ccc2[nH]5)C=C4)C=C3)c1.[Mn]. The Morgan fingerprint density at radius 3 is 0.772 bits per heavy atom. The summed E-state index contributed by atoms with van der Waals surface area (Å²) in [7, 11) is 0. The van der Waals surface area contributed by atoms with Crippen molar-refractivity contribution < 1.29 is 17.1 Å². The van der Waals surface area contributed by atoms with Crippen molar-refractivity contribution >= 4 is 139 Å². The normalized spacial score (nSPS) is 11.9. The third-order valence-electron chi connectivity index (χ3n) is 9.54. The van der Waals surface area contributed by atoms with E-state index in [4.69, 9.17) is 103 Å². The Kier molecular flexibility index (Phi) is 11.4. The molecule has 0 aliphatic carbocycles. The zero-order chi connectivity index (χ0) is 38.8. The van der Waals surface area contributed by atoms with Gasteiger partial charge in [-0.15, -0.1) is 0 Å². The molecular formula is C44H22Cl8MnN4. The molecule has 2 N–H and O–H groups in total. The zero-order valence-electron chi connectivity index (χ0n) is 28.8. The first-order chi connectivity index (χ1) is 27.0. The summed E-state index contributed by atoms with van der Waals surface area (Å²) < 4.78 is 0. The summed E-state index contributed by atoms with van der Waals surface area (Å²) in [5.41, 5.74) is 10.9. The molecule has 9 rings (SSSR count). The van der Waals surface area contributed by atoms with Crippen molar-refractivity contribution in [3.8, 4) is 44.5 Å². The molecule has 4 aromatic carbocycles. The van der Waals surface area contributed by atoms with Crippen molar-refractivity contribution in [1.82, 2.24) is 19.9 Å². The monoisotopic (exact) mass is 941 g/mol. The minimum absolute atomic E-state index is 0. The second-order valence-electron chi connectivity index (χ2n) is 13.0. The van der Waals surface area contributed by atoms with E-state index in [1.165, 1.54) is 0 Å². The number of nitrogens with zero attached hydrogens (tertiary/aromatic N) is 2. The Morgan fingerprint density at radius 1 is 0.316 bits per heavy atom. The first-order valence-corrected chi connectivity index (χ1v) is 20.0. The van der Waals surface area contributed by atoms with Crippen LogP contribution in [0.1, 0.15) is 22.8 Å². The summed E-state index contributed by atoms with van der Waals surface area (Å²) in [5.74, 6) is 0. The molecule has 0 spiro atoms. The minimum atomic E-state index is 0. The predicted molar refractivity (Wildman–Crippen MR) is 241 cm³/mol. The number of hydrogen-bond acceptors (Lipinski definition) is 2. The van der Waals surface area contributed by atoms with E-state index in [0.29, 0.717) is 130 Å². The number of H-pyrrole nitrogens is 2. The zero-order valence-corrected chi connectivity index (χ0v) is 36.1. The van der Waals surface area contributed by atoms with Gasteiger partial charge in [-0.05, 0) is 121 Å². The Labute approximate surface area is 377 Å². The average molecular weight is 945 g/mol. The van der Waals surface area contributed by atoms with E-state index in [9.17, 15) is 0 Å². The Balaban J connectivity index is 0.00000455. The van der Waals surface area contributed by atoms with Gasteiger partial charge in [0.05, 0.1) is 22.8 Å². The van der Waals surface area contributed by atoms with Crippen LogP contribution in [-0.2, 0) is 17.1 Å². The van der Waals surface area contributed by atoms with Crippen LogP contribution in [-0.4, -0.2) is 19.9 Å². The summed E-state index contributed by atoms with van der Waals surface area (Å²) in [6, 6.07) is 29.2. The molecule has 0 atom stereocenters. The molecule has 4 nitrogen and oxygen atoms in total. The number of rotatable bonds is 4. The first-order valence-electron chi connectivity index (χ1n) is 17.0. The molecule has 57 heavy (non-hydrogen) atoms. The minimum Gasteiger partial charge on any atom is -0.354 e. The average Bonchev–Trinajstić information content (AvgIpc) is 4.01. The number of aromatic amines is 2. The van der Waals surface area contributed by atoms with E-state index in [1.54, 1.807) is 48.5 Å². The Morgan fingerprint density at radius 2 is 0.544 bits per heavy atom. The molecule has 0 amide bonds. The molecule has 0 fully saturated rings. The van der Waals surface area contributed by atoms with Crippen LogP contribution in [0.2, 0.25) is 40.2 Å². The number of halogens is 8. The second-order valence-corrected chi connectivity index (χ2v) is 16.4. The third-order valence-corrected chi connectivity index (χ3v) is 11.8. The van der Waals surface area contributed by atoms with Crippen LogP contribution in [0.3, 0.4) is 0 Å². The van der Waals surface area contributed by atoms with E-state index in [2.05, 4.69) is 9.97 Å². The topological polar surface area (TPSA) is 57.4 Å². The van der Waals surface area contributed by atoms with Crippen molar-refractivity contribution in [3.63, 3.8) is 0 Å². The number of nitrogens with one attached hydrogen (secondary N) is 2. The van der Waals surface area contributed by atoms with Crippen molar-refractivity contribution in [2.24, 2.45) is 0 Å². The van der Waals surface area contributed by atoms with Gasteiger partial charge in [0.15, 0.2) is 0 Å². The van der Waals surface area contributed by atoms with Crippen LogP contribution in [0, 0.1) is 0 Å². The summed E-state index contributed by atoms with van der Waals surface area (Å²) >= 11 is 54.2. The van der Waals surface area contributed by atoms with Gasteiger partial charge >= 0.3 is 0 Å². The molecule has 8 bridgehead atoms. The number of aromatic nitrogens is 4. The molecule has 1 radical (unpaired) electrons.